The molecular formula is C33H39NO9. The number of carboxylic acid groups (broad SMARTS) is 1. The minimum absolute atomic E-state index is 0.00463. The molecule has 3 saturated carbocycles. The summed E-state index contributed by atoms with van der Waals surface area (Å²) in [5.74, 6) is -3.61. The zero-order chi connectivity index (χ0) is 31.2. The van der Waals surface area contributed by atoms with E-state index >= 15 is 0 Å². The number of esters is 1. The van der Waals surface area contributed by atoms with Gasteiger partial charge in [-0.15, -0.1) is 0 Å². The second-order valence-corrected chi connectivity index (χ2v) is 13.1. The lowest BCUT2D eigenvalue weighted by molar-refractivity contribution is -0.173. The van der Waals surface area contributed by atoms with E-state index in [1.54, 1.807) is 43.3 Å². The van der Waals surface area contributed by atoms with E-state index in [0.29, 0.717) is 24.8 Å². The highest BCUT2D eigenvalue weighted by atomic mass is 16.5. The Morgan fingerprint density at radius 1 is 1.02 bits per heavy atom. The molecule has 0 bridgehead atoms. The number of ether oxygens (including phenoxy) is 1. The number of hydrogen-bond donors (Lipinski definition) is 3. The van der Waals surface area contributed by atoms with Gasteiger partial charge in [-0.25, -0.2) is 4.79 Å². The zero-order valence-electron chi connectivity index (χ0n) is 24.6. The molecule has 3 N–H and O–H groups in total. The summed E-state index contributed by atoms with van der Waals surface area (Å²) in [4.78, 5) is 75.7. The number of aliphatic carboxylic acids is 1. The number of ketones is 3. The van der Waals surface area contributed by atoms with Crippen molar-refractivity contribution in [2.24, 2.45) is 28.6 Å². The molecule has 1 amide bonds. The highest BCUT2D eigenvalue weighted by Gasteiger charge is 2.68. The van der Waals surface area contributed by atoms with Gasteiger partial charge in [0, 0.05) is 30.6 Å². The molecule has 0 saturated heterocycles. The first-order valence-corrected chi connectivity index (χ1v) is 15.0. The van der Waals surface area contributed by atoms with Crippen molar-refractivity contribution in [1.29, 1.82) is 0 Å². The first-order chi connectivity index (χ1) is 20.3. The quantitative estimate of drug-likeness (QED) is 0.365. The second kappa shape index (κ2) is 11.4. The van der Waals surface area contributed by atoms with Crippen molar-refractivity contribution in [3.8, 4) is 0 Å². The summed E-state index contributed by atoms with van der Waals surface area (Å²) in [5, 5.41) is 23.6. The van der Waals surface area contributed by atoms with Gasteiger partial charge in [0.25, 0.3) is 0 Å². The molecule has 7 atom stereocenters. The SMILES string of the molecule is C[C@]12CCC(=O)C=C1CC[C@H]1[C@H]2C(=O)C[C@@]2(C)[C@@H]1CC[C@]2(O)C(=O)COC(=O)CCC(=O)N[C@H](C(=O)O)c1ccccc1. The maximum absolute atomic E-state index is 13.8. The topological polar surface area (TPSA) is 164 Å². The molecule has 0 heterocycles. The summed E-state index contributed by atoms with van der Waals surface area (Å²) in [6, 6.07) is 6.88. The molecule has 0 aliphatic heterocycles. The highest BCUT2D eigenvalue weighted by molar-refractivity contribution is 5.95. The molecule has 1 aromatic rings. The van der Waals surface area contributed by atoms with Crippen molar-refractivity contribution in [1.82, 2.24) is 5.32 Å². The lowest BCUT2D eigenvalue weighted by atomic mass is 9.46. The molecular weight excluding hydrogens is 554 g/mol. The van der Waals surface area contributed by atoms with E-state index in [-0.39, 0.29) is 60.4 Å². The van der Waals surface area contributed by atoms with Crippen LogP contribution in [0.15, 0.2) is 42.0 Å². The highest BCUT2D eigenvalue weighted by Crippen LogP contribution is 2.66. The van der Waals surface area contributed by atoms with Crippen molar-refractivity contribution in [2.75, 3.05) is 6.61 Å². The summed E-state index contributed by atoms with van der Waals surface area (Å²) >= 11 is 0. The van der Waals surface area contributed by atoms with Crippen LogP contribution in [0.25, 0.3) is 0 Å². The standard InChI is InChI=1S/C33H39NO9/c1-31-14-12-21(35)16-20(31)8-9-22-23-13-15-33(42,32(23,2)17-24(36)28(22)31)25(37)18-43-27(39)11-10-26(38)34-29(30(40)41)19-6-4-3-5-7-19/h3-7,16,22-23,28-29,42H,8-15,17-18H2,1-2H3,(H,34,38)(H,40,41)/t22-,23-,28+,29+,31+,32+,33+/m1/s1. The summed E-state index contributed by atoms with van der Waals surface area (Å²) in [6.45, 7) is 3.20. The Bertz CT molecular complexity index is 1390. The van der Waals surface area contributed by atoms with Gasteiger partial charge in [-0.3, -0.25) is 24.0 Å². The summed E-state index contributed by atoms with van der Waals surface area (Å²) in [6.07, 6.45) is 4.27. The smallest absolute Gasteiger partial charge is 0.330 e. The van der Waals surface area contributed by atoms with Crippen LogP contribution in [0.3, 0.4) is 0 Å². The number of carboxylic acids is 1. The van der Waals surface area contributed by atoms with Crippen LogP contribution < -0.4 is 5.32 Å². The van der Waals surface area contributed by atoms with Gasteiger partial charge < -0.3 is 20.3 Å². The van der Waals surface area contributed by atoms with Crippen LogP contribution in [0.5, 0.6) is 0 Å². The predicted molar refractivity (Wildman–Crippen MR) is 152 cm³/mol. The fraction of sp³-hybridized carbons (Fsp3) is 0.576. The number of carbonyl (C=O) groups excluding carboxylic acids is 5. The minimum atomic E-state index is -1.83. The number of carbonyl (C=O) groups is 6. The van der Waals surface area contributed by atoms with Crippen molar-refractivity contribution < 1.29 is 43.7 Å². The van der Waals surface area contributed by atoms with E-state index in [2.05, 4.69) is 12.2 Å². The van der Waals surface area contributed by atoms with E-state index in [9.17, 15) is 39.0 Å². The summed E-state index contributed by atoms with van der Waals surface area (Å²) in [5.41, 5.74) is -1.79. The van der Waals surface area contributed by atoms with Gasteiger partial charge >= 0.3 is 11.9 Å². The molecule has 0 unspecified atom stereocenters. The molecule has 4 aliphatic rings. The molecule has 10 heteroatoms. The number of hydrogen-bond acceptors (Lipinski definition) is 8. The van der Waals surface area contributed by atoms with E-state index in [4.69, 9.17) is 4.74 Å². The van der Waals surface area contributed by atoms with E-state index < -0.39 is 47.3 Å². The average Bonchev–Trinajstić information content (AvgIpc) is 3.24. The Morgan fingerprint density at radius 2 is 1.74 bits per heavy atom. The Labute approximate surface area is 250 Å². The zero-order valence-corrected chi connectivity index (χ0v) is 24.6. The van der Waals surface area contributed by atoms with Crippen LogP contribution in [0.4, 0.5) is 0 Å². The fourth-order valence-corrected chi connectivity index (χ4v) is 8.57. The van der Waals surface area contributed by atoms with Crippen LogP contribution >= 0.6 is 0 Å². The number of fused-ring (bicyclic) bond motifs is 5. The minimum Gasteiger partial charge on any atom is -0.479 e. The van der Waals surface area contributed by atoms with Crippen molar-refractivity contribution in [3.63, 3.8) is 0 Å². The normalized spacial score (nSPS) is 33.7. The van der Waals surface area contributed by atoms with Gasteiger partial charge in [-0.1, -0.05) is 49.8 Å². The molecule has 0 spiro atoms. The Kier molecular flexibility index (Phi) is 8.19. The van der Waals surface area contributed by atoms with Gasteiger partial charge in [-0.2, -0.15) is 0 Å². The first-order valence-electron chi connectivity index (χ1n) is 15.0. The van der Waals surface area contributed by atoms with Crippen LogP contribution in [0.2, 0.25) is 0 Å². The summed E-state index contributed by atoms with van der Waals surface area (Å²) < 4.78 is 5.15. The van der Waals surface area contributed by atoms with Gasteiger partial charge in [0.05, 0.1) is 6.42 Å². The molecule has 230 valence electrons. The molecule has 10 nitrogen and oxygen atoms in total. The third-order valence-corrected chi connectivity index (χ3v) is 10.9. The molecule has 0 aromatic heterocycles. The van der Waals surface area contributed by atoms with Crippen molar-refractivity contribution in [2.45, 2.75) is 83.3 Å². The third-order valence-electron chi connectivity index (χ3n) is 10.9. The monoisotopic (exact) mass is 593 g/mol. The first kappa shape index (κ1) is 30.8. The van der Waals surface area contributed by atoms with Gasteiger partial charge in [0.1, 0.15) is 11.4 Å². The third kappa shape index (κ3) is 5.34. The van der Waals surface area contributed by atoms with Crippen LogP contribution in [0, 0.1) is 28.6 Å². The number of allylic oxidation sites excluding steroid dienone is 1. The van der Waals surface area contributed by atoms with Crippen LogP contribution in [-0.4, -0.2) is 57.6 Å². The molecule has 43 heavy (non-hydrogen) atoms. The molecule has 0 radical (unpaired) electrons. The molecule has 5 rings (SSSR count). The second-order valence-electron chi connectivity index (χ2n) is 13.1. The number of benzene rings is 1. The van der Waals surface area contributed by atoms with Gasteiger partial charge in [-0.05, 0) is 61.0 Å². The van der Waals surface area contributed by atoms with Gasteiger partial charge in [0.2, 0.25) is 11.7 Å². The maximum atomic E-state index is 13.8. The lowest BCUT2D eigenvalue weighted by Crippen LogP contribution is -2.61. The van der Waals surface area contributed by atoms with Crippen LogP contribution in [-0.2, 0) is 33.5 Å². The van der Waals surface area contributed by atoms with E-state index in [1.165, 1.54) is 0 Å². The maximum Gasteiger partial charge on any atom is 0.330 e. The fourth-order valence-electron chi connectivity index (χ4n) is 8.57. The van der Waals surface area contributed by atoms with E-state index in [0.717, 1.165) is 18.4 Å². The Hall–Kier alpha value is -3.66. The molecule has 1 aromatic carbocycles. The largest absolute Gasteiger partial charge is 0.479 e. The number of nitrogens with one attached hydrogen (secondary N) is 1. The van der Waals surface area contributed by atoms with Gasteiger partial charge in [0.15, 0.2) is 18.4 Å². The Morgan fingerprint density at radius 3 is 2.44 bits per heavy atom. The number of Topliss-reactive ketones (excluding diaryl/α,β-unsaturated/α-hetero) is 2. The Balaban J connectivity index is 1.19. The molecule has 4 aliphatic carbocycles. The number of aliphatic hydroxyl groups is 1. The predicted octanol–water partition coefficient (Wildman–Crippen LogP) is 3.26. The van der Waals surface area contributed by atoms with Crippen molar-refractivity contribution >= 4 is 35.2 Å². The number of rotatable bonds is 9. The number of amides is 1. The van der Waals surface area contributed by atoms with Crippen LogP contribution in [0.1, 0.15) is 83.2 Å². The lowest BCUT2D eigenvalue weighted by Gasteiger charge is -2.57. The van der Waals surface area contributed by atoms with Crippen molar-refractivity contribution in [3.05, 3.63) is 47.5 Å². The summed E-state index contributed by atoms with van der Waals surface area (Å²) in [7, 11) is 0. The molecule has 3 fully saturated rings. The van der Waals surface area contributed by atoms with E-state index in [1.807, 2.05) is 0 Å². The average molecular weight is 594 g/mol.